The maximum absolute atomic E-state index is 12.5. The van der Waals surface area contributed by atoms with Gasteiger partial charge in [-0.1, -0.05) is 12.8 Å². The average Bonchev–Trinajstić information content (AvgIpc) is 3.01. The molecule has 0 saturated heterocycles. The van der Waals surface area contributed by atoms with E-state index in [1.54, 1.807) is 6.07 Å². The minimum Gasteiger partial charge on any atom is -0.449 e. The van der Waals surface area contributed by atoms with E-state index < -0.39 is 11.2 Å². The molecular weight excluding hydrogens is 268 g/mol. The van der Waals surface area contributed by atoms with Gasteiger partial charge in [0.2, 0.25) is 11.7 Å². The van der Waals surface area contributed by atoms with E-state index in [0.29, 0.717) is 18.0 Å². The van der Waals surface area contributed by atoms with Crippen LogP contribution in [0.25, 0.3) is 0 Å². The first-order valence-electron chi connectivity index (χ1n) is 7.48. The summed E-state index contributed by atoms with van der Waals surface area (Å²) in [6.45, 7) is 4.11. The highest BCUT2D eigenvalue weighted by molar-refractivity contribution is 5.96. The lowest BCUT2D eigenvalue weighted by molar-refractivity contribution is -0.124. The van der Waals surface area contributed by atoms with E-state index in [2.05, 4.69) is 5.32 Å². The molecule has 1 aromatic carbocycles. The van der Waals surface area contributed by atoms with Crippen molar-refractivity contribution in [3.63, 3.8) is 0 Å². The second-order valence-electron chi connectivity index (χ2n) is 6.41. The van der Waals surface area contributed by atoms with Crippen molar-refractivity contribution in [1.82, 2.24) is 0 Å². The second kappa shape index (κ2) is 4.91. The SMILES string of the molecule is CC1(C)Oc2ccc(NC(=O)C3(CN)CCCC3)cc2O1. The largest absolute Gasteiger partial charge is 0.449 e. The number of ether oxygens (including phenoxy) is 2. The van der Waals surface area contributed by atoms with Gasteiger partial charge in [-0.25, -0.2) is 0 Å². The fourth-order valence-corrected chi connectivity index (χ4v) is 3.14. The molecule has 0 radical (unpaired) electrons. The van der Waals surface area contributed by atoms with E-state index in [1.165, 1.54) is 0 Å². The predicted octanol–water partition coefficient (Wildman–Crippen LogP) is 2.65. The van der Waals surface area contributed by atoms with Crippen LogP contribution in [0.2, 0.25) is 0 Å². The van der Waals surface area contributed by atoms with E-state index in [1.807, 2.05) is 26.0 Å². The van der Waals surface area contributed by atoms with Gasteiger partial charge in [-0.15, -0.1) is 0 Å². The Hall–Kier alpha value is -1.75. The first-order valence-corrected chi connectivity index (χ1v) is 7.48. The van der Waals surface area contributed by atoms with Crippen molar-refractivity contribution in [2.45, 2.75) is 45.3 Å². The number of nitrogens with two attached hydrogens (primary N) is 1. The van der Waals surface area contributed by atoms with Crippen molar-refractivity contribution in [3.8, 4) is 11.5 Å². The van der Waals surface area contributed by atoms with Crippen LogP contribution in [0, 0.1) is 5.41 Å². The van der Waals surface area contributed by atoms with Gasteiger partial charge in [0.15, 0.2) is 11.5 Å². The molecule has 0 bridgehead atoms. The van der Waals surface area contributed by atoms with Gasteiger partial charge in [0.25, 0.3) is 0 Å². The van der Waals surface area contributed by atoms with Crippen molar-refractivity contribution >= 4 is 11.6 Å². The molecule has 0 unspecified atom stereocenters. The molecule has 1 aliphatic carbocycles. The number of carbonyl (C=O) groups excluding carboxylic acids is 1. The standard InChI is InChI=1S/C16H22N2O3/c1-15(2)20-12-6-5-11(9-13(12)21-15)18-14(19)16(10-17)7-3-4-8-16/h5-6,9H,3-4,7-8,10,17H2,1-2H3,(H,18,19). The van der Waals surface area contributed by atoms with Crippen LogP contribution >= 0.6 is 0 Å². The molecule has 1 aromatic rings. The maximum Gasteiger partial charge on any atom is 0.246 e. The number of anilines is 1. The zero-order valence-corrected chi connectivity index (χ0v) is 12.6. The Morgan fingerprint density at radius 3 is 2.57 bits per heavy atom. The summed E-state index contributed by atoms with van der Waals surface area (Å²) in [7, 11) is 0. The molecule has 1 saturated carbocycles. The van der Waals surface area contributed by atoms with Gasteiger partial charge < -0.3 is 20.5 Å². The van der Waals surface area contributed by atoms with E-state index in [-0.39, 0.29) is 5.91 Å². The van der Waals surface area contributed by atoms with Gasteiger partial charge in [-0.2, -0.15) is 0 Å². The molecule has 21 heavy (non-hydrogen) atoms. The molecule has 1 fully saturated rings. The molecule has 5 heteroatoms. The van der Waals surface area contributed by atoms with Crippen molar-refractivity contribution in [2.75, 3.05) is 11.9 Å². The summed E-state index contributed by atoms with van der Waals surface area (Å²) in [6, 6.07) is 5.46. The zero-order chi connectivity index (χ0) is 15.1. The van der Waals surface area contributed by atoms with Crippen LogP contribution in [-0.2, 0) is 4.79 Å². The molecule has 5 nitrogen and oxygen atoms in total. The Bertz CT molecular complexity index is 563. The van der Waals surface area contributed by atoms with Crippen molar-refractivity contribution in [1.29, 1.82) is 0 Å². The van der Waals surface area contributed by atoms with Gasteiger partial charge in [-0.3, -0.25) is 4.79 Å². The number of benzene rings is 1. The summed E-state index contributed by atoms with van der Waals surface area (Å²) in [5.74, 6) is 0.716. The first kappa shape index (κ1) is 14.2. The zero-order valence-electron chi connectivity index (χ0n) is 12.6. The molecule has 1 amide bonds. The van der Waals surface area contributed by atoms with Gasteiger partial charge in [0.1, 0.15) is 0 Å². The third kappa shape index (κ3) is 2.58. The maximum atomic E-state index is 12.5. The van der Waals surface area contributed by atoms with E-state index in [0.717, 1.165) is 31.4 Å². The molecule has 1 heterocycles. The summed E-state index contributed by atoms with van der Waals surface area (Å²) >= 11 is 0. The highest BCUT2D eigenvalue weighted by atomic mass is 16.7. The highest BCUT2D eigenvalue weighted by Gasteiger charge is 2.40. The number of hydrogen-bond donors (Lipinski definition) is 2. The number of hydrogen-bond acceptors (Lipinski definition) is 4. The quantitative estimate of drug-likeness (QED) is 0.897. The summed E-state index contributed by atoms with van der Waals surface area (Å²) < 4.78 is 11.3. The van der Waals surface area contributed by atoms with Crippen LogP contribution in [0.1, 0.15) is 39.5 Å². The van der Waals surface area contributed by atoms with Crippen molar-refractivity contribution in [3.05, 3.63) is 18.2 Å². The summed E-state index contributed by atoms with van der Waals surface area (Å²) in [4.78, 5) is 12.5. The van der Waals surface area contributed by atoms with E-state index in [4.69, 9.17) is 15.2 Å². The molecule has 0 aromatic heterocycles. The molecule has 2 aliphatic rings. The van der Waals surface area contributed by atoms with Crippen LogP contribution in [0.15, 0.2) is 18.2 Å². The normalized spacial score (nSPS) is 21.3. The summed E-state index contributed by atoms with van der Waals surface area (Å²) in [5.41, 5.74) is 6.16. The fraction of sp³-hybridized carbons (Fsp3) is 0.562. The summed E-state index contributed by atoms with van der Waals surface area (Å²) in [5, 5.41) is 2.98. The first-order chi connectivity index (χ1) is 9.94. The topological polar surface area (TPSA) is 73.6 Å². The highest BCUT2D eigenvalue weighted by Crippen LogP contribution is 2.42. The Morgan fingerprint density at radius 1 is 1.24 bits per heavy atom. The Morgan fingerprint density at radius 2 is 1.90 bits per heavy atom. The summed E-state index contributed by atoms with van der Waals surface area (Å²) in [6.07, 6.45) is 3.87. The number of carbonyl (C=O) groups is 1. The molecule has 3 N–H and O–H groups in total. The smallest absolute Gasteiger partial charge is 0.246 e. The lowest BCUT2D eigenvalue weighted by Gasteiger charge is -2.25. The number of fused-ring (bicyclic) bond motifs is 1. The van der Waals surface area contributed by atoms with E-state index >= 15 is 0 Å². The molecular formula is C16H22N2O3. The van der Waals surface area contributed by atoms with Gasteiger partial charge in [-0.05, 0) is 25.0 Å². The van der Waals surface area contributed by atoms with E-state index in [9.17, 15) is 4.79 Å². The van der Waals surface area contributed by atoms with Crippen LogP contribution < -0.4 is 20.5 Å². The Labute approximate surface area is 124 Å². The second-order valence-corrected chi connectivity index (χ2v) is 6.41. The molecule has 0 spiro atoms. The average molecular weight is 290 g/mol. The minimum absolute atomic E-state index is 0.0145. The molecule has 3 rings (SSSR count). The third-order valence-corrected chi connectivity index (χ3v) is 4.35. The predicted molar refractivity (Wildman–Crippen MR) is 80.4 cm³/mol. The van der Waals surface area contributed by atoms with Crippen LogP contribution in [0.3, 0.4) is 0 Å². The number of nitrogens with one attached hydrogen (secondary N) is 1. The minimum atomic E-state index is -0.658. The van der Waals surface area contributed by atoms with Crippen molar-refractivity contribution < 1.29 is 14.3 Å². The van der Waals surface area contributed by atoms with Gasteiger partial charge >= 0.3 is 0 Å². The van der Waals surface area contributed by atoms with Gasteiger partial charge in [0, 0.05) is 32.1 Å². The number of rotatable bonds is 3. The third-order valence-electron chi connectivity index (χ3n) is 4.35. The molecule has 0 atom stereocenters. The molecule has 114 valence electrons. The number of amides is 1. The fourth-order valence-electron chi connectivity index (χ4n) is 3.14. The lowest BCUT2D eigenvalue weighted by Crippen LogP contribution is -2.40. The van der Waals surface area contributed by atoms with Crippen LogP contribution in [0.5, 0.6) is 11.5 Å². The lowest BCUT2D eigenvalue weighted by atomic mass is 9.85. The van der Waals surface area contributed by atoms with Crippen LogP contribution in [0.4, 0.5) is 5.69 Å². The van der Waals surface area contributed by atoms with Crippen molar-refractivity contribution in [2.24, 2.45) is 11.1 Å². The van der Waals surface area contributed by atoms with Gasteiger partial charge in [0.05, 0.1) is 5.41 Å². The Balaban J connectivity index is 1.76. The monoisotopic (exact) mass is 290 g/mol. The Kier molecular flexibility index (Phi) is 3.32. The molecule has 1 aliphatic heterocycles. The van der Waals surface area contributed by atoms with Crippen LogP contribution in [-0.4, -0.2) is 18.2 Å².